The zero-order valence-electron chi connectivity index (χ0n) is 26.8. The Morgan fingerprint density at radius 1 is 0.592 bits per heavy atom. The molecule has 0 amide bonds. The molecule has 0 aliphatic heterocycles. The molecule has 0 aliphatic rings. The molecule has 0 unspecified atom stereocenters. The van der Waals surface area contributed by atoms with Crippen LogP contribution in [-0.4, -0.2) is 9.55 Å². The molecule has 2 aromatic heterocycles. The fourth-order valence-electron chi connectivity index (χ4n) is 6.67. The summed E-state index contributed by atoms with van der Waals surface area (Å²) in [6.45, 7) is 0.688. The van der Waals surface area contributed by atoms with Gasteiger partial charge in [-0.05, 0) is 53.6 Å². The minimum Gasteiger partial charge on any atom is -0.471 e. The molecule has 0 radical (unpaired) electrons. The van der Waals surface area contributed by atoms with Crippen molar-refractivity contribution in [3.05, 3.63) is 215 Å². The van der Waals surface area contributed by atoms with E-state index in [0.717, 1.165) is 55.5 Å². The van der Waals surface area contributed by atoms with E-state index in [2.05, 4.69) is 144 Å². The standard InChI is InChI=1S/C45H33ClN2O/c46-40-25-23-35-24-27-41(47-42(35)31-40)26-22-33-12-10-13-34(30-33)32-48-29-28-36-14-11-21-43(44(36)48)49-45(37-15-4-1-5-16-37,38-17-6-2-7-18-38)39-19-8-3-9-20-39/h1-31H,32H2/b26-22+. The van der Waals surface area contributed by atoms with E-state index in [1.165, 1.54) is 5.56 Å². The molecule has 8 aromatic rings. The Hall–Kier alpha value is -5.90. The lowest BCUT2D eigenvalue weighted by Crippen LogP contribution is -2.36. The highest BCUT2D eigenvalue weighted by Gasteiger charge is 2.39. The van der Waals surface area contributed by atoms with Gasteiger partial charge in [0, 0.05) is 45.2 Å². The van der Waals surface area contributed by atoms with Crippen molar-refractivity contribution >= 4 is 45.6 Å². The number of aromatic nitrogens is 2. The Labute approximate surface area is 291 Å². The first-order valence-corrected chi connectivity index (χ1v) is 16.8. The van der Waals surface area contributed by atoms with Crippen LogP contribution in [0.15, 0.2) is 176 Å². The smallest absolute Gasteiger partial charge is 0.184 e. The van der Waals surface area contributed by atoms with E-state index in [1.807, 2.05) is 48.5 Å². The van der Waals surface area contributed by atoms with E-state index in [1.54, 1.807) is 0 Å². The highest BCUT2D eigenvalue weighted by molar-refractivity contribution is 6.31. The molecule has 3 nitrogen and oxygen atoms in total. The quantitative estimate of drug-likeness (QED) is 0.145. The van der Waals surface area contributed by atoms with Crippen molar-refractivity contribution in [2.45, 2.75) is 12.1 Å². The number of hydrogen-bond donors (Lipinski definition) is 0. The van der Waals surface area contributed by atoms with Crippen molar-refractivity contribution in [1.82, 2.24) is 9.55 Å². The monoisotopic (exact) mass is 652 g/mol. The van der Waals surface area contributed by atoms with Crippen LogP contribution in [0.3, 0.4) is 0 Å². The van der Waals surface area contributed by atoms with Gasteiger partial charge in [-0.3, -0.25) is 0 Å². The van der Waals surface area contributed by atoms with Gasteiger partial charge in [0.15, 0.2) is 5.60 Å². The van der Waals surface area contributed by atoms with Crippen LogP contribution in [0.4, 0.5) is 0 Å². The molecule has 0 fully saturated rings. The number of nitrogens with zero attached hydrogens (tertiary/aromatic N) is 2. The molecule has 4 heteroatoms. The molecule has 2 heterocycles. The first kappa shape index (κ1) is 30.4. The van der Waals surface area contributed by atoms with Gasteiger partial charge >= 0.3 is 0 Å². The highest BCUT2D eigenvalue weighted by Crippen LogP contribution is 2.43. The number of halogens is 1. The lowest BCUT2D eigenvalue weighted by atomic mass is 9.80. The number of fused-ring (bicyclic) bond motifs is 2. The second-order valence-corrected chi connectivity index (χ2v) is 12.6. The number of rotatable bonds is 9. The van der Waals surface area contributed by atoms with E-state index in [0.29, 0.717) is 11.6 Å². The van der Waals surface area contributed by atoms with Crippen LogP contribution < -0.4 is 4.74 Å². The normalized spacial score (nSPS) is 11.8. The van der Waals surface area contributed by atoms with Crippen molar-refractivity contribution in [1.29, 1.82) is 0 Å². The second-order valence-electron chi connectivity index (χ2n) is 12.2. The summed E-state index contributed by atoms with van der Waals surface area (Å²) in [6.07, 6.45) is 6.31. The van der Waals surface area contributed by atoms with Gasteiger partial charge in [0.05, 0.1) is 16.7 Å². The first-order chi connectivity index (χ1) is 24.2. The Kier molecular flexibility index (Phi) is 8.27. The van der Waals surface area contributed by atoms with Crippen molar-refractivity contribution in [2.24, 2.45) is 0 Å². The van der Waals surface area contributed by atoms with Crippen LogP contribution in [-0.2, 0) is 12.1 Å². The predicted molar refractivity (Wildman–Crippen MR) is 203 cm³/mol. The van der Waals surface area contributed by atoms with E-state index in [-0.39, 0.29) is 0 Å². The Bertz CT molecular complexity index is 2300. The second kappa shape index (κ2) is 13.3. The molecule has 0 N–H and O–H groups in total. The van der Waals surface area contributed by atoms with Crippen LogP contribution in [0.25, 0.3) is 34.0 Å². The van der Waals surface area contributed by atoms with E-state index in [9.17, 15) is 0 Å². The number of pyridine rings is 1. The summed E-state index contributed by atoms with van der Waals surface area (Å²) in [5.74, 6) is 0.817. The molecule has 49 heavy (non-hydrogen) atoms. The SMILES string of the molecule is Clc1ccc2ccc(/C=C/c3cccc(Cn4ccc5cccc(OC(c6ccccc6)(c6ccccc6)c6ccccc6)c54)c3)nc2c1. The maximum Gasteiger partial charge on any atom is 0.184 e. The Morgan fingerprint density at radius 2 is 1.24 bits per heavy atom. The first-order valence-electron chi connectivity index (χ1n) is 16.4. The minimum absolute atomic E-state index is 0.686. The largest absolute Gasteiger partial charge is 0.471 e. The third kappa shape index (κ3) is 6.13. The van der Waals surface area contributed by atoms with E-state index in [4.69, 9.17) is 21.3 Å². The molecule has 236 valence electrons. The third-order valence-electron chi connectivity index (χ3n) is 8.98. The summed E-state index contributed by atoms with van der Waals surface area (Å²) in [5.41, 5.74) is 7.43. The summed E-state index contributed by atoms with van der Waals surface area (Å²) < 4.78 is 9.70. The van der Waals surface area contributed by atoms with E-state index < -0.39 is 5.60 Å². The number of para-hydroxylation sites is 1. The molecule has 0 saturated carbocycles. The molecule has 0 spiro atoms. The van der Waals surface area contributed by atoms with Crippen molar-refractivity contribution in [3.63, 3.8) is 0 Å². The maximum atomic E-state index is 7.41. The summed E-state index contributed by atoms with van der Waals surface area (Å²) in [4.78, 5) is 4.78. The fraction of sp³-hybridized carbons (Fsp3) is 0.0444. The van der Waals surface area contributed by atoms with Crippen LogP contribution in [0.1, 0.15) is 33.5 Å². The summed E-state index contributed by atoms with van der Waals surface area (Å²) in [5, 5.41) is 2.88. The fourth-order valence-corrected chi connectivity index (χ4v) is 6.84. The molecule has 8 rings (SSSR count). The molecular weight excluding hydrogens is 620 g/mol. The highest BCUT2D eigenvalue weighted by atomic mass is 35.5. The zero-order valence-corrected chi connectivity index (χ0v) is 27.5. The summed E-state index contributed by atoms with van der Waals surface area (Å²) in [6, 6.07) is 58.5. The van der Waals surface area contributed by atoms with Crippen LogP contribution in [0.2, 0.25) is 5.02 Å². The van der Waals surface area contributed by atoms with Gasteiger partial charge in [0.2, 0.25) is 0 Å². The predicted octanol–water partition coefficient (Wildman–Crippen LogP) is 11.4. The van der Waals surface area contributed by atoms with Crippen molar-refractivity contribution in [2.75, 3.05) is 0 Å². The maximum absolute atomic E-state index is 7.41. The van der Waals surface area contributed by atoms with Crippen LogP contribution >= 0.6 is 11.6 Å². The summed E-state index contributed by atoms with van der Waals surface area (Å²) in [7, 11) is 0. The molecule has 6 aromatic carbocycles. The minimum atomic E-state index is -0.875. The van der Waals surface area contributed by atoms with Gasteiger partial charge in [-0.1, -0.05) is 151 Å². The average molecular weight is 653 g/mol. The third-order valence-corrected chi connectivity index (χ3v) is 9.22. The van der Waals surface area contributed by atoms with Gasteiger partial charge in [-0.25, -0.2) is 4.98 Å². The lowest BCUT2D eigenvalue weighted by molar-refractivity contribution is 0.157. The van der Waals surface area contributed by atoms with Crippen LogP contribution in [0.5, 0.6) is 5.75 Å². The van der Waals surface area contributed by atoms with Gasteiger partial charge in [0.25, 0.3) is 0 Å². The molecule has 0 atom stereocenters. The number of hydrogen-bond acceptors (Lipinski definition) is 2. The molecule has 0 saturated heterocycles. The number of ether oxygens (including phenoxy) is 1. The van der Waals surface area contributed by atoms with E-state index >= 15 is 0 Å². The Balaban J connectivity index is 1.16. The lowest BCUT2D eigenvalue weighted by Gasteiger charge is -2.36. The molecular formula is C45H33ClN2O. The van der Waals surface area contributed by atoms with Gasteiger partial charge in [-0.15, -0.1) is 0 Å². The van der Waals surface area contributed by atoms with Gasteiger partial charge < -0.3 is 9.30 Å². The topological polar surface area (TPSA) is 27.1 Å². The van der Waals surface area contributed by atoms with Gasteiger partial charge in [-0.2, -0.15) is 0 Å². The zero-order chi connectivity index (χ0) is 33.0. The van der Waals surface area contributed by atoms with Crippen molar-refractivity contribution in [3.8, 4) is 5.75 Å². The van der Waals surface area contributed by atoms with Crippen molar-refractivity contribution < 1.29 is 4.74 Å². The van der Waals surface area contributed by atoms with Crippen LogP contribution in [0, 0.1) is 0 Å². The van der Waals surface area contributed by atoms with Gasteiger partial charge in [0.1, 0.15) is 5.75 Å². The molecule has 0 aliphatic carbocycles. The average Bonchev–Trinajstić information content (AvgIpc) is 3.57. The Morgan fingerprint density at radius 3 is 1.94 bits per heavy atom. The number of benzene rings is 6. The molecule has 0 bridgehead atoms. The summed E-state index contributed by atoms with van der Waals surface area (Å²) >= 11 is 6.21.